The van der Waals surface area contributed by atoms with Crippen LogP contribution in [0.2, 0.25) is 0 Å². The standard InChI is InChI=1S/C6H13NS/c1-6(2,8)7-4-3-5-7/h8H,3-5H2,1-2H3. The lowest BCUT2D eigenvalue weighted by atomic mass is 10.1. The number of rotatable bonds is 1. The van der Waals surface area contributed by atoms with Crippen LogP contribution in [0.25, 0.3) is 0 Å². The molecule has 0 aromatic heterocycles. The smallest absolute Gasteiger partial charge is 0.0583 e. The summed E-state index contributed by atoms with van der Waals surface area (Å²) in [7, 11) is 0. The summed E-state index contributed by atoms with van der Waals surface area (Å²) in [5, 5.41) is 0. The highest BCUT2D eigenvalue weighted by Gasteiger charge is 2.26. The molecule has 1 aliphatic rings. The summed E-state index contributed by atoms with van der Waals surface area (Å²) < 4.78 is 0. The van der Waals surface area contributed by atoms with E-state index in [9.17, 15) is 0 Å². The molecule has 1 rings (SSSR count). The first kappa shape index (κ1) is 6.43. The first-order valence-corrected chi connectivity index (χ1v) is 3.53. The minimum atomic E-state index is 0.123. The highest BCUT2D eigenvalue weighted by molar-refractivity contribution is 7.81. The molecule has 0 aliphatic carbocycles. The van der Waals surface area contributed by atoms with Crippen LogP contribution in [0, 0.1) is 0 Å². The summed E-state index contributed by atoms with van der Waals surface area (Å²) in [6, 6.07) is 0. The Hall–Kier alpha value is 0.310. The van der Waals surface area contributed by atoms with E-state index in [2.05, 4.69) is 31.4 Å². The molecule has 2 heteroatoms. The van der Waals surface area contributed by atoms with Gasteiger partial charge in [-0.05, 0) is 20.3 Å². The van der Waals surface area contributed by atoms with Crippen molar-refractivity contribution in [2.45, 2.75) is 25.1 Å². The second kappa shape index (κ2) is 1.92. The number of nitrogens with zero attached hydrogens (tertiary/aromatic N) is 1. The van der Waals surface area contributed by atoms with E-state index in [1.165, 1.54) is 19.5 Å². The molecule has 1 heterocycles. The second-order valence-electron chi connectivity index (χ2n) is 2.84. The zero-order chi connectivity index (χ0) is 6.20. The minimum absolute atomic E-state index is 0.123. The van der Waals surface area contributed by atoms with Crippen LogP contribution >= 0.6 is 12.6 Å². The zero-order valence-electron chi connectivity index (χ0n) is 5.52. The highest BCUT2D eigenvalue weighted by Crippen LogP contribution is 2.23. The molecule has 1 aliphatic heterocycles. The Bertz CT molecular complexity index is 81.0. The Kier molecular flexibility index (Phi) is 1.54. The molecule has 0 spiro atoms. The van der Waals surface area contributed by atoms with Crippen molar-refractivity contribution in [2.24, 2.45) is 0 Å². The molecular weight excluding hydrogens is 118 g/mol. The van der Waals surface area contributed by atoms with Gasteiger partial charge in [-0.15, -0.1) is 0 Å². The maximum Gasteiger partial charge on any atom is 0.0583 e. The van der Waals surface area contributed by atoms with Gasteiger partial charge in [0.2, 0.25) is 0 Å². The van der Waals surface area contributed by atoms with Crippen LogP contribution in [0.15, 0.2) is 0 Å². The van der Waals surface area contributed by atoms with Crippen molar-refractivity contribution in [2.75, 3.05) is 13.1 Å². The lowest BCUT2D eigenvalue weighted by molar-refractivity contribution is 0.118. The molecule has 0 radical (unpaired) electrons. The minimum Gasteiger partial charge on any atom is -0.289 e. The first-order valence-electron chi connectivity index (χ1n) is 3.08. The summed E-state index contributed by atoms with van der Waals surface area (Å²) >= 11 is 4.41. The number of thiol groups is 1. The van der Waals surface area contributed by atoms with Gasteiger partial charge in [-0.3, -0.25) is 4.90 Å². The topological polar surface area (TPSA) is 3.24 Å². The third-order valence-electron chi connectivity index (χ3n) is 1.63. The van der Waals surface area contributed by atoms with E-state index in [1.807, 2.05) is 0 Å². The van der Waals surface area contributed by atoms with Crippen molar-refractivity contribution >= 4 is 12.6 Å². The lowest BCUT2D eigenvalue weighted by Gasteiger charge is -2.41. The van der Waals surface area contributed by atoms with E-state index in [-0.39, 0.29) is 4.87 Å². The summed E-state index contributed by atoms with van der Waals surface area (Å²) in [4.78, 5) is 2.48. The number of likely N-dealkylation sites (tertiary alicyclic amines) is 1. The predicted molar refractivity (Wildman–Crippen MR) is 39.3 cm³/mol. The normalized spacial score (nSPS) is 22.9. The summed E-state index contributed by atoms with van der Waals surface area (Å²) in [6.45, 7) is 6.73. The molecule has 0 aromatic rings. The average molecular weight is 131 g/mol. The van der Waals surface area contributed by atoms with Gasteiger partial charge >= 0.3 is 0 Å². The van der Waals surface area contributed by atoms with Crippen LogP contribution in [0.4, 0.5) is 0 Å². The molecule has 1 nitrogen and oxygen atoms in total. The van der Waals surface area contributed by atoms with Gasteiger partial charge in [-0.25, -0.2) is 0 Å². The molecule has 0 bridgehead atoms. The fourth-order valence-corrected chi connectivity index (χ4v) is 1.06. The zero-order valence-corrected chi connectivity index (χ0v) is 6.41. The third-order valence-corrected chi connectivity index (χ3v) is 1.91. The van der Waals surface area contributed by atoms with E-state index >= 15 is 0 Å². The fraction of sp³-hybridized carbons (Fsp3) is 1.00. The van der Waals surface area contributed by atoms with Crippen molar-refractivity contribution < 1.29 is 0 Å². The number of hydrogen-bond acceptors (Lipinski definition) is 2. The van der Waals surface area contributed by atoms with Crippen LogP contribution in [-0.4, -0.2) is 22.9 Å². The first-order chi connectivity index (χ1) is 3.61. The van der Waals surface area contributed by atoms with E-state index in [1.54, 1.807) is 0 Å². The van der Waals surface area contributed by atoms with Gasteiger partial charge in [0, 0.05) is 13.1 Å². The van der Waals surface area contributed by atoms with Crippen molar-refractivity contribution in [1.82, 2.24) is 4.90 Å². The van der Waals surface area contributed by atoms with Gasteiger partial charge in [-0.1, -0.05) is 0 Å². The summed E-state index contributed by atoms with van der Waals surface area (Å²) in [5.74, 6) is 0. The molecule has 0 amide bonds. The Morgan fingerprint density at radius 1 is 1.38 bits per heavy atom. The Labute approximate surface area is 56.5 Å². The molecule has 8 heavy (non-hydrogen) atoms. The van der Waals surface area contributed by atoms with E-state index in [0.29, 0.717) is 0 Å². The average Bonchev–Trinajstić information content (AvgIpc) is 1.16. The van der Waals surface area contributed by atoms with Gasteiger partial charge in [-0.2, -0.15) is 12.6 Å². The van der Waals surface area contributed by atoms with Crippen molar-refractivity contribution in [3.8, 4) is 0 Å². The highest BCUT2D eigenvalue weighted by atomic mass is 32.1. The molecule has 0 aromatic carbocycles. The van der Waals surface area contributed by atoms with Crippen LogP contribution in [0.1, 0.15) is 20.3 Å². The molecule has 1 saturated heterocycles. The van der Waals surface area contributed by atoms with Gasteiger partial charge < -0.3 is 0 Å². The third kappa shape index (κ3) is 1.17. The summed E-state index contributed by atoms with van der Waals surface area (Å²) in [6.07, 6.45) is 1.35. The van der Waals surface area contributed by atoms with Gasteiger partial charge in [0.15, 0.2) is 0 Å². The monoisotopic (exact) mass is 131 g/mol. The Morgan fingerprint density at radius 3 is 1.88 bits per heavy atom. The fourth-order valence-electron chi connectivity index (χ4n) is 0.863. The van der Waals surface area contributed by atoms with Crippen molar-refractivity contribution in [1.29, 1.82) is 0 Å². The Morgan fingerprint density at radius 2 is 1.88 bits per heavy atom. The molecular formula is C6H13NS. The Balaban J connectivity index is 2.34. The predicted octanol–water partition coefficient (Wildman–Crippen LogP) is 1.36. The van der Waals surface area contributed by atoms with Gasteiger partial charge in [0.25, 0.3) is 0 Å². The summed E-state index contributed by atoms with van der Waals surface area (Å²) in [5.41, 5.74) is 0. The second-order valence-corrected chi connectivity index (χ2v) is 3.93. The molecule has 48 valence electrons. The lowest BCUT2D eigenvalue weighted by Crippen LogP contribution is -2.48. The SMILES string of the molecule is CC(C)(S)N1CCC1. The van der Waals surface area contributed by atoms with Gasteiger partial charge in [0.1, 0.15) is 0 Å². The molecule has 0 N–H and O–H groups in total. The van der Waals surface area contributed by atoms with E-state index in [4.69, 9.17) is 0 Å². The molecule has 0 atom stereocenters. The molecule has 0 unspecified atom stereocenters. The maximum absolute atomic E-state index is 4.41. The van der Waals surface area contributed by atoms with Crippen LogP contribution in [-0.2, 0) is 0 Å². The number of hydrogen-bond donors (Lipinski definition) is 1. The largest absolute Gasteiger partial charge is 0.289 e. The van der Waals surface area contributed by atoms with Crippen molar-refractivity contribution in [3.63, 3.8) is 0 Å². The van der Waals surface area contributed by atoms with Crippen LogP contribution in [0.3, 0.4) is 0 Å². The maximum atomic E-state index is 4.41. The van der Waals surface area contributed by atoms with Crippen LogP contribution < -0.4 is 0 Å². The molecule has 1 fully saturated rings. The molecule has 0 saturated carbocycles. The van der Waals surface area contributed by atoms with E-state index < -0.39 is 0 Å². The van der Waals surface area contributed by atoms with Crippen molar-refractivity contribution in [3.05, 3.63) is 0 Å². The van der Waals surface area contributed by atoms with E-state index in [0.717, 1.165) is 0 Å². The van der Waals surface area contributed by atoms with Gasteiger partial charge in [0.05, 0.1) is 4.87 Å². The quantitative estimate of drug-likeness (QED) is 0.526. The van der Waals surface area contributed by atoms with Crippen LogP contribution in [0.5, 0.6) is 0 Å².